The van der Waals surface area contributed by atoms with Crippen molar-refractivity contribution < 1.29 is 19.1 Å². The van der Waals surface area contributed by atoms with Crippen molar-refractivity contribution in [2.24, 2.45) is 0 Å². The van der Waals surface area contributed by atoms with Crippen LogP contribution in [0.15, 0.2) is 52.7 Å². The molecule has 0 bridgehead atoms. The van der Waals surface area contributed by atoms with Gasteiger partial charge in [0.05, 0.1) is 25.2 Å². The zero-order valence-electron chi connectivity index (χ0n) is 17.6. The second kappa shape index (κ2) is 10.3. The smallest absolute Gasteiger partial charge is 0.239 e. The molecule has 0 radical (unpaired) electrons. The quantitative estimate of drug-likeness (QED) is 0.468. The van der Waals surface area contributed by atoms with E-state index in [-0.39, 0.29) is 17.1 Å². The number of carbonyl (C=O) groups excluding carboxylic acids is 2. The van der Waals surface area contributed by atoms with Gasteiger partial charge in [-0.3, -0.25) is 9.59 Å². The van der Waals surface area contributed by atoms with E-state index in [0.29, 0.717) is 22.3 Å². The highest BCUT2D eigenvalue weighted by atomic mass is 32.2. The molecule has 1 atom stereocenters. The molecule has 3 aromatic rings. The fraction of sp³-hybridized carbons (Fsp3) is 0.227. The lowest BCUT2D eigenvalue weighted by Gasteiger charge is -2.11. The first-order chi connectivity index (χ1) is 14.9. The van der Waals surface area contributed by atoms with E-state index in [0.717, 1.165) is 16.2 Å². The van der Waals surface area contributed by atoms with Crippen LogP contribution in [-0.2, 0) is 9.59 Å². The molecular formula is C22H23N3O4S2. The monoisotopic (exact) mass is 457 g/mol. The molecule has 0 saturated heterocycles. The standard InChI is InChI=1S/C22H23N3O4S2/c1-13(31-17-7-5-6-16(11-17)23-14(2)26)21(27)25-22-24-18(12-30-22)15-8-9-19(28-3)20(10-15)29-4/h5-13H,1-4H3,(H,23,26)(H,24,25,27). The summed E-state index contributed by atoms with van der Waals surface area (Å²) < 4.78 is 10.6. The maximum atomic E-state index is 12.6. The highest BCUT2D eigenvalue weighted by molar-refractivity contribution is 8.00. The molecule has 0 aliphatic carbocycles. The lowest BCUT2D eigenvalue weighted by Crippen LogP contribution is -2.22. The number of aromatic nitrogens is 1. The van der Waals surface area contributed by atoms with Crippen molar-refractivity contribution >= 4 is 45.7 Å². The molecule has 31 heavy (non-hydrogen) atoms. The Morgan fingerprint density at radius 2 is 1.84 bits per heavy atom. The third-order valence-corrected chi connectivity index (χ3v) is 6.10. The number of nitrogens with zero attached hydrogens (tertiary/aromatic N) is 1. The number of hydrogen-bond donors (Lipinski definition) is 2. The molecule has 1 heterocycles. The summed E-state index contributed by atoms with van der Waals surface area (Å²) in [7, 11) is 3.17. The molecule has 0 spiro atoms. The molecule has 1 unspecified atom stereocenters. The molecule has 162 valence electrons. The third-order valence-electron chi connectivity index (χ3n) is 4.25. The molecule has 0 aliphatic heterocycles. The van der Waals surface area contributed by atoms with Crippen molar-refractivity contribution in [1.82, 2.24) is 4.98 Å². The summed E-state index contributed by atoms with van der Waals surface area (Å²) in [6.45, 7) is 3.29. The van der Waals surface area contributed by atoms with Gasteiger partial charge in [0, 0.05) is 28.5 Å². The largest absolute Gasteiger partial charge is 0.493 e. The summed E-state index contributed by atoms with van der Waals surface area (Å²) in [4.78, 5) is 29.3. The molecule has 1 aromatic heterocycles. The number of benzene rings is 2. The van der Waals surface area contributed by atoms with Crippen LogP contribution in [0.4, 0.5) is 10.8 Å². The predicted molar refractivity (Wildman–Crippen MR) is 125 cm³/mol. The van der Waals surface area contributed by atoms with Gasteiger partial charge in [-0.2, -0.15) is 0 Å². The van der Waals surface area contributed by atoms with Gasteiger partial charge in [-0.25, -0.2) is 4.98 Å². The summed E-state index contributed by atoms with van der Waals surface area (Å²) in [5.41, 5.74) is 2.31. The molecular weight excluding hydrogens is 434 g/mol. The van der Waals surface area contributed by atoms with Crippen molar-refractivity contribution in [3.05, 3.63) is 47.8 Å². The molecule has 7 nitrogen and oxygen atoms in total. The van der Waals surface area contributed by atoms with Crippen molar-refractivity contribution in [1.29, 1.82) is 0 Å². The Morgan fingerprint density at radius 3 is 2.55 bits per heavy atom. The van der Waals surface area contributed by atoms with Gasteiger partial charge in [0.15, 0.2) is 16.6 Å². The number of anilines is 2. The first-order valence-corrected chi connectivity index (χ1v) is 11.2. The van der Waals surface area contributed by atoms with Gasteiger partial charge in [0.1, 0.15) is 0 Å². The number of carbonyl (C=O) groups is 2. The molecule has 0 fully saturated rings. The summed E-state index contributed by atoms with van der Waals surface area (Å²) in [5, 5.41) is 7.67. The van der Waals surface area contributed by atoms with Crippen molar-refractivity contribution in [3.63, 3.8) is 0 Å². The molecule has 0 aliphatic rings. The van der Waals surface area contributed by atoms with Crippen molar-refractivity contribution in [3.8, 4) is 22.8 Å². The van der Waals surface area contributed by atoms with Crippen LogP contribution in [0.3, 0.4) is 0 Å². The van der Waals surface area contributed by atoms with Crippen LogP contribution >= 0.6 is 23.1 Å². The van der Waals surface area contributed by atoms with Crippen LogP contribution in [0.1, 0.15) is 13.8 Å². The minimum atomic E-state index is -0.346. The highest BCUT2D eigenvalue weighted by Gasteiger charge is 2.17. The van der Waals surface area contributed by atoms with Gasteiger partial charge < -0.3 is 20.1 Å². The number of hydrogen-bond acceptors (Lipinski definition) is 7. The molecule has 2 N–H and O–H groups in total. The molecule has 3 rings (SSSR count). The Bertz CT molecular complexity index is 1080. The number of ether oxygens (including phenoxy) is 2. The van der Waals surface area contributed by atoms with Gasteiger partial charge in [-0.05, 0) is 43.3 Å². The van der Waals surface area contributed by atoms with Gasteiger partial charge in [0.2, 0.25) is 11.8 Å². The molecule has 0 saturated carbocycles. The fourth-order valence-electron chi connectivity index (χ4n) is 2.77. The first kappa shape index (κ1) is 22.6. The van der Waals surface area contributed by atoms with Crippen LogP contribution in [0.2, 0.25) is 0 Å². The SMILES string of the molecule is COc1ccc(-c2csc(NC(=O)C(C)Sc3cccc(NC(C)=O)c3)n2)cc1OC. The normalized spacial score (nSPS) is 11.5. The van der Waals surface area contributed by atoms with E-state index in [1.807, 2.05) is 54.8 Å². The van der Waals surface area contributed by atoms with Crippen LogP contribution in [0, 0.1) is 0 Å². The second-order valence-corrected chi connectivity index (χ2v) is 8.84. The van der Waals surface area contributed by atoms with Gasteiger partial charge >= 0.3 is 0 Å². The van der Waals surface area contributed by atoms with Crippen LogP contribution in [0.25, 0.3) is 11.3 Å². The predicted octanol–water partition coefficient (Wildman–Crippen LogP) is 4.91. The van der Waals surface area contributed by atoms with Crippen molar-refractivity contribution in [2.75, 3.05) is 24.9 Å². The first-order valence-electron chi connectivity index (χ1n) is 9.42. The number of nitrogens with one attached hydrogen (secondary N) is 2. The number of amides is 2. The topological polar surface area (TPSA) is 89.6 Å². The summed E-state index contributed by atoms with van der Waals surface area (Å²) in [5.74, 6) is 0.971. The van der Waals surface area contributed by atoms with Gasteiger partial charge in [0.25, 0.3) is 0 Å². The molecule has 2 amide bonds. The third kappa shape index (κ3) is 5.99. The molecule has 2 aromatic carbocycles. The fourth-order valence-corrected chi connectivity index (χ4v) is 4.42. The van der Waals surface area contributed by atoms with Crippen LogP contribution in [-0.4, -0.2) is 36.3 Å². The summed E-state index contributed by atoms with van der Waals surface area (Å²) >= 11 is 2.76. The van der Waals surface area contributed by atoms with Crippen molar-refractivity contribution in [2.45, 2.75) is 24.0 Å². The van der Waals surface area contributed by atoms with E-state index in [1.54, 1.807) is 14.2 Å². The molecule has 9 heteroatoms. The van der Waals surface area contributed by atoms with E-state index < -0.39 is 0 Å². The van der Waals surface area contributed by atoms with E-state index >= 15 is 0 Å². The van der Waals surface area contributed by atoms with E-state index in [4.69, 9.17) is 9.47 Å². The minimum Gasteiger partial charge on any atom is -0.493 e. The second-order valence-electron chi connectivity index (χ2n) is 6.57. The maximum absolute atomic E-state index is 12.6. The Morgan fingerprint density at radius 1 is 1.06 bits per heavy atom. The number of rotatable bonds is 8. The van der Waals surface area contributed by atoms with E-state index in [1.165, 1.54) is 30.0 Å². The van der Waals surface area contributed by atoms with E-state index in [2.05, 4.69) is 15.6 Å². The number of thioether (sulfide) groups is 1. The zero-order valence-corrected chi connectivity index (χ0v) is 19.2. The lowest BCUT2D eigenvalue weighted by molar-refractivity contribution is -0.115. The minimum absolute atomic E-state index is 0.137. The Balaban J connectivity index is 1.65. The lowest BCUT2D eigenvalue weighted by atomic mass is 10.1. The number of methoxy groups -OCH3 is 2. The Labute approximate surface area is 189 Å². The summed E-state index contributed by atoms with van der Waals surface area (Å²) in [6, 6.07) is 12.9. The Hall–Kier alpha value is -3.04. The van der Waals surface area contributed by atoms with Gasteiger partial charge in [-0.1, -0.05) is 6.07 Å². The van der Waals surface area contributed by atoms with E-state index in [9.17, 15) is 9.59 Å². The average molecular weight is 458 g/mol. The van der Waals surface area contributed by atoms with Crippen LogP contribution < -0.4 is 20.1 Å². The van der Waals surface area contributed by atoms with Crippen LogP contribution in [0.5, 0.6) is 11.5 Å². The zero-order chi connectivity index (χ0) is 22.4. The highest BCUT2D eigenvalue weighted by Crippen LogP contribution is 2.34. The maximum Gasteiger partial charge on any atom is 0.239 e. The summed E-state index contributed by atoms with van der Waals surface area (Å²) in [6.07, 6.45) is 0. The Kier molecular flexibility index (Phi) is 7.54. The average Bonchev–Trinajstić information content (AvgIpc) is 3.21. The van der Waals surface area contributed by atoms with Gasteiger partial charge in [-0.15, -0.1) is 23.1 Å². The number of thiazole rings is 1.